The lowest BCUT2D eigenvalue weighted by atomic mass is 10.1. The molecule has 0 atom stereocenters. The molecular weight excluding hydrogens is 352 g/mol. The molecule has 0 aliphatic heterocycles. The first kappa shape index (κ1) is 17.8. The molecule has 2 amide bonds. The Morgan fingerprint density at radius 1 is 1.15 bits per heavy atom. The van der Waals surface area contributed by atoms with Gasteiger partial charge in [0.05, 0.1) is 0 Å². The predicted molar refractivity (Wildman–Crippen MR) is 97.4 cm³/mol. The Balaban J connectivity index is 1.44. The molecule has 0 spiro atoms. The maximum absolute atomic E-state index is 12.0. The van der Waals surface area contributed by atoms with Crippen LogP contribution in [0.25, 0.3) is 11.4 Å². The maximum atomic E-state index is 12.0. The average Bonchev–Trinajstić information content (AvgIpc) is 3.36. The van der Waals surface area contributed by atoms with Crippen LogP contribution in [0.4, 0.5) is 0 Å². The van der Waals surface area contributed by atoms with Gasteiger partial charge in [0, 0.05) is 29.3 Å². The highest BCUT2D eigenvalue weighted by Gasteiger charge is 2.12. The van der Waals surface area contributed by atoms with E-state index in [0.717, 1.165) is 17.5 Å². The summed E-state index contributed by atoms with van der Waals surface area (Å²) in [4.78, 5) is 28.1. The lowest BCUT2D eigenvalue weighted by molar-refractivity contribution is -0.121. The summed E-state index contributed by atoms with van der Waals surface area (Å²) in [6.45, 7) is 2.04. The van der Waals surface area contributed by atoms with Crippen LogP contribution in [-0.2, 0) is 17.6 Å². The van der Waals surface area contributed by atoms with E-state index in [1.165, 1.54) is 0 Å². The third-order valence-corrected chi connectivity index (χ3v) is 4.44. The predicted octanol–water partition coefficient (Wildman–Crippen LogP) is 2.75. The Hall–Kier alpha value is -3.00. The number of amides is 2. The van der Waals surface area contributed by atoms with Crippen LogP contribution >= 0.6 is 11.3 Å². The van der Waals surface area contributed by atoms with E-state index < -0.39 is 0 Å². The van der Waals surface area contributed by atoms with Gasteiger partial charge in [0.25, 0.3) is 5.91 Å². The number of hydrazine groups is 1. The number of aryl methyl sites for hydroxylation is 2. The highest BCUT2D eigenvalue weighted by Crippen LogP contribution is 2.18. The van der Waals surface area contributed by atoms with Gasteiger partial charge < -0.3 is 4.52 Å². The zero-order chi connectivity index (χ0) is 18.4. The molecule has 1 aromatic carbocycles. The van der Waals surface area contributed by atoms with E-state index in [-0.39, 0.29) is 18.2 Å². The van der Waals surface area contributed by atoms with Gasteiger partial charge in [0.1, 0.15) is 0 Å². The molecule has 134 valence electrons. The fraction of sp³-hybridized carbons (Fsp3) is 0.222. The second-order valence-electron chi connectivity index (χ2n) is 5.58. The Bertz CT molecular complexity index is 872. The highest BCUT2D eigenvalue weighted by atomic mass is 32.1. The summed E-state index contributed by atoms with van der Waals surface area (Å²) in [6.07, 6.45) is 1.33. The summed E-state index contributed by atoms with van der Waals surface area (Å²) < 4.78 is 5.13. The van der Waals surface area contributed by atoms with E-state index in [0.29, 0.717) is 23.7 Å². The van der Waals surface area contributed by atoms with Crippen LogP contribution in [0, 0.1) is 0 Å². The van der Waals surface area contributed by atoms with Crippen LogP contribution < -0.4 is 10.9 Å². The molecule has 0 saturated carbocycles. The Morgan fingerprint density at radius 3 is 2.65 bits per heavy atom. The summed E-state index contributed by atoms with van der Waals surface area (Å²) in [5.74, 6) is 0.186. The minimum absolute atomic E-state index is 0.125. The molecule has 0 aliphatic rings. The standard InChI is InChI=1S/C18H18N4O3S/c1-2-12-3-5-13(6-4-12)18(24)21-20-15(23)7-8-16-19-17(22-25-16)14-9-10-26-11-14/h3-6,9-11H,2,7-8H2,1H3,(H,20,23)(H,21,24). The number of hydrogen-bond donors (Lipinski definition) is 2. The smallest absolute Gasteiger partial charge is 0.269 e. The molecule has 3 aromatic rings. The van der Waals surface area contributed by atoms with Gasteiger partial charge in [-0.2, -0.15) is 16.3 Å². The number of carbonyl (C=O) groups excluding carboxylic acids is 2. The number of aromatic nitrogens is 2. The van der Waals surface area contributed by atoms with Crippen LogP contribution in [0.3, 0.4) is 0 Å². The monoisotopic (exact) mass is 370 g/mol. The first-order valence-electron chi connectivity index (χ1n) is 8.19. The number of rotatable bonds is 6. The normalized spacial score (nSPS) is 10.5. The van der Waals surface area contributed by atoms with Crippen molar-refractivity contribution in [3.05, 3.63) is 58.1 Å². The Kier molecular flexibility index (Phi) is 5.75. The van der Waals surface area contributed by atoms with Crippen molar-refractivity contribution in [2.75, 3.05) is 0 Å². The fourth-order valence-corrected chi connectivity index (χ4v) is 2.87. The lowest BCUT2D eigenvalue weighted by Gasteiger charge is -2.07. The van der Waals surface area contributed by atoms with Crippen molar-refractivity contribution >= 4 is 23.2 Å². The SMILES string of the molecule is CCc1ccc(C(=O)NNC(=O)CCc2nc(-c3ccsc3)no2)cc1. The number of hydrogen-bond acceptors (Lipinski definition) is 6. The van der Waals surface area contributed by atoms with E-state index in [1.807, 2.05) is 35.9 Å². The molecule has 0 fully saturated rings. The summed E-state index contributed by atoms with van der Waals surface area (Å²) in [7, 11) is 0. The first-order chi connectivity index (χ1) is 12.7. The molecular formula is C18H18N4O3S. The van der Waals surface area contributed by atoms with Gasteiger partial charge in [-0.15, -0.1) is 0 Å². The molecule has 26 heavy (non-hydrogen) atoms. The van der Waals surface area contributed by atoms with Crippen LogP contribution in [0.5, 0.6) is 0 Å². The van der Waals surface area contributed by atoms with Gasteiger partial charge in [-0.3, -0.25) is 20.4 Å². The quantitative estimate of drug-likeness (QED) is 0.650. The van der Waals surface area contributed by atoms with Crippen LogP contribution in [-0.4, -0.2) is 22.0 Å². The topological polar surface area (TPSA) is 97.1 Å². The van der Waals surface area contributed by atoms with E-state index in [9.17, 15) is 9.59 Å². The second kappa shape index (κ2) is 8.39. The zero-order valence-corrected chi connectivity index (χ0v) is 15.0. The van der Waals surface area contributed by atoms with Crippen LogP contribution in [0.2, 0.25) is 0 Å². The van der Waals surface area contributed by atoms with Crippen molar-refractivity contribution in [1.82, 2.24) is 21.0 Å². The zero-order valence-electron chi connectivity index (χ0n) is 14.2. The lowest BCUT2D eigenvalue weighted by Crippen LogP contribution is -2.41. The number of benzene rings is 1. The van der Waals surface area contributed by atoms with Gasteiger partial charge in [0.2, 0.25) is 17.6 Å². The van der Waals surface area contributed by atoms with E-state index >= 15 is 0 Å². The summed E-state index contributed by atoms with van der Waals surface area (Å²) in [5.41, 5.74) is 7.30. The summed E-state index contributed by atoms with van der Waals surface area (Å²) in [6, 6.07) is 9.12. The van der Waals surface area contributed by atoms with E-state index in [2.05, 4.69) is 21.0 Å². The van der Waals surface area contributed by atoms with Gasteiger partial charge in [-0.05, 0) is 35.6 Å². The number of nitrogens with zero attached hydrogens (tertiary/aromatic N) is 2. The van der Waals surface area contributed by atoms with Crippen molar-refractivity contribution < 1.29 is 14.1 Å². The summed E-state index contributed by atoms with van der Waals surface area (Å²) in [5, 5.41) is 7.73. The van der Waals surface area contributed by atoms with Crippen molar-refractivity contribution in [3.8, 4) is 11.4 Å². The average molecular weight is 370 g/mol. The largest absolute Gasteiger partial charge is 0.339 e. The van der Waals surface area contributed by atoms with Gasteiger partial charge in [-0.1, -0.05) is 24.2 Å². The Morgan fingerprint density at radius 2 is 1.96 bits per heavy atom. The van der Waals surface area contributed by atoms with E-state index in [4.69, 9.17) is 4.52 Å². The molecule has 7 nitrogen and oxygen atoms in total. The van der Waals surface area contributed by atoms with Crippen LogP contribution in [0.1, 0.15) is 35.2 Å². The third-order valence-electron chi connectivity index (χ3n) is 3.75. The minimum atomic E-state index is -0.362. The van der Waals surface area contributed by atoms with Gasteiger partial charge in [0.15, 0.2) is 0 Å². The van der Waals surface area contributed by atoms with Crippen molar-refractivity contribution in [2.45, 2.75) is 26.2 Å². The van der Waals surface area contributed by atoms with Crippen molar-refractivity contribution in [1.29, 1.82) is 0 Å². The summed E-state index contributed by atoms with van der Waals surface area (Å²) >= 11 is 1.55. The molecule has 2 aromatic heterocycles. The van der Waals surface area contributed by atoms with Crippen molar-refractivity contribution in [3.63, 3.8) is 0 Å². The number of nitrogens with one attached hydrogen (secondary N) is 2. The first-order valence-corrected chi connectivity index (χ1v) is 9.13. The second-order valence-corrected chi connectivity index (χ2v) is 6.36. The molecule has 8 heteroatoms. The van der Waals surface area contributed by atoms with Gasteiger partial charge in [-0.25, -0.2) is 0 Å². The molecule has 2 heterocycles. The van der Waals surface area contributed by atoms with Crippen LogP contribution in [0.15, 0.2) is 45.6 Å². The molecule has 3 rings (SSSR count). The van der Waals surface area contributed by atoms with Crippen molar-refractivity contribution in [2.24, 2.45) is 0 Å². The molecule has 0 bridgehead atoms. The number of carbonyl (C=O) groups is 2. The number of thiophene rings is 1. The van der Waals surface area contributed by atoms with E-state index in [1.54, 1.807) is 23.5 Å². The molecule has 0 aliphatic carbocycles. The Labute approximate surface area is 154 Å². The fourth-order valence-electron chi connectivity index (χ4n) is 2.24. The minimum Gasteiger partial charge on any atom is -0.339 e. The third kappa shape index (κ3) is 4.54. The molecule has 0 radical (unpaired) electrons. The molecule has 0 saturated heterocycles. The highest BCUT2D eigenvalue weighted by molar-refractivity contribution is 7.08. The van der Waals surface area contributed by atoms with Gasteiger partial charge >= 0.3 is 0 Å². The molecule has 2 N–H and O–H groups in total. The maximum Gasteiger partial charge on any atom is 0.269 e. The molecule has 0 unspecified atom stereocenters.